The molecule has 27 heavy (non-hydrogen) atoms. The van der Waals surface area contributed by atoms with Crippen LogP contribution in [0.3, 0.4) is 0 Å². The Morgan fingerprint density at radius 3 is 2.41 bits per heavy atom. The molecule has 0 aliphatic carbocycles. The minimum absolute atomic E-state index is 0.147. The van der Waals surface area contributed by atoms with E-state index < -0.39 is 17.4 Å². The van der Waals surface area contributed by atoms with E-state index in [0.29, 0.717) is 29.6 Å². The van der Waals surface area contributed by atoms with E-state index in [0.717, 1.165) is 10.1 Å². The van der Waals surface area contributed by atoms with Gasteiger partial charge in [0.15, 0.2) is 11.2 Å². The van der Waals surface area contributed by atoms with Crippen LogP contribution in [0.15, 0.2) is 39.9 Å². The molecule has 0 aliphatic rings. The maximum atomic E-state index is 12.8. The monoisotopic (exact) mass is 371 g/mol. The molecule has 3 rings (SSSR count). The van der Waals surface area contributed by atoms with Crippen LogP contribution in [0.2, 0.25) is 0 Å². The highest BCUT2D eigenvalue weighted by Crippen LogP contribution is 2.21. The first kappa shape index (κ1) is 18.9. The molecule has 2 N–H and O–H groups in total. The highest BCUT2D eigenvalue weighted by Gasteiger charge is 2.21. The molecule has 0 amide bonds. The number of anilines is 1. The van der Waals surface area contributed by atoms with Gasteiger partial charge in [-0.1, -0.05) is 44.2 Å². The molecule has 144 valence electrons. The fourth-order valence-corrected chi connectivity index (χ4v) is 3.01. The fourth-order valence-electron chi connectivity index (χ4n) is 3.01. The van der Waals surface area contributed by atoms with Gasteiger partial charge < -0.3 is 15.0 Å². The maximum absolute atomic E-state index is 12.8. The lowest BCUT2D eigenvalue weighted by Crippen LogP contribution is -2.37. The second-order valence-electron chi connectivity index (χ2n) is 7.13. The van der Waals surface area contributed by atoms with Gasteiger partial charge in [-0.15, -0.1) is 0 Å². The first-order valence-corrected chi connectivity index (χ1v) is 8.94. The normalized spacial score (nSPS) is 12.7. The standard InChI is InChI=1S/C19H25N5O3/c1-12(2)10-20-18-21-16-15(17(26)23(4)19(27)22(16)3)24(18)11-14(25)13-8-6-5-7-9-13/h5-9,12,14,25H,10-11H2,1-4H3,(H,20,21)/t14-/m0/s1. The van der Waals surface area contributed by atoms with Crippen molar-refractivity contribution in [3.63, 3.8) is 0 Å². The first-order chi connectivity index (χ1) is 12.8. The van der Waals surface area contributed by atoms with Gasteiger partial charge in [0.1, 0.15) is 0 Å². The van der Waals surface area contributed by atoms with E-state index in [2.05, 4.69) is 24.1 Å². The van der Waals surface area contributed by atoms with Crippen LogP contribution in [-0.4, -0.2) is 30.3 Å². The third-order valence-corrected chi connectivity index (χ3v) is 4.56. The quantitative estimate of drug-likeness (QED) is 0.680. The van der Waals surface area contributed by atoms with E-state index in [9.17, 15) is 14.7 Å². The van der Waals surface area contributed by atoms with Crippen LogP contribution >= 0.6 is 0 Å². The average molecular weight is 371 g/mol. The van der Waals surface area contributed by atoms with Crippen molar-refractivity contribution < 1.29 is 5.11 Å². The summed E-state index contributed by atoms with van der Waals surface area (Å²) < 4.78 is 4.07. The predicted molar refractivity (Wildman–Crippen MR) is 105 cm³/mol. The van der Waals surface area contributed by atoms with Crippen molar-refractivity contribution in [1.82, 2.24) is 18.7 Å². The van der Waals surface area contributed by atoms with Crippen LogP contribution in [0.1, 0.15) is 25.5 Å². The second-order valence-corrected chi connectivity index (χ2v) is 7.13. The molecule has 0 saturated heterocycles. The van der Waals surface area contributed by atoms with Crippen LogP contribution in [0, 0.1) is 5.92 Å². The molecule has 8 heteroatoms. The van der Waals surface area contributed by atoms with Gasteiger partial charge in [-0.05, 0) is 11.5 Å². The zero-order valence-electron chi connectivity index (χ0n) is 16.0. The number of hydrogen-bond donors (Lipinski definition) is 2. The number of nitrogens with one attached hydrogen (secondary N) is 1. The highest BCUT2D eigenvalue weighted by atomic mass is 16.3. The molecular weight excluding hydrogens is 346 g/mol. The smallest absolute Gasteiger partial charge is 0.332 e. The molecule has 0 bridgehead atoms. The lowest BCUT2D eigenvalue weighted by atomic mass is 10.1. The minimum atomic E-state index is -0.815. The zero-order chi connectivity index (χ0) is 19.7. The van der Waals surface area contributed by atoms with Crippen molar-refractivity contribution in [2.45, 2.75) is 26.5 Å². The van der Waals surface area contributed by atoms with Gasteiger partial charge in [-0.25, -0.2) is 4.79 Å². The average Bonchev–Trinajstić information content (AvgIpc) is 3.02. The van der Waals surface area contributed by atoms with Crippen LogP contribution in [0.5, 0.6) is 0 Å². The largest absolute Gasteiger partial charge is 0.387 e. The number of rotatable bonds is 6. The zero-order valence-corrected chi connectivity index (χ0v) is 16.0. The van der Waals surface area contributed by atoms with Crippen molar-refractivity contribution in [3.8, 4) is 0 Å². The summed E-state index contributed by atoms with van der Waals surface area (Å²) in [5.74, 6) is 0.830. The molecule has 0 radical (unpaired) electrons. The van der Waals surface area contributed by atoms with Gasteiger partial charge in [0.2, 0.25) is 5.95 Å². The van der Waals surface area contributed by atoms with Crippen molar-refractivity contribution in [2.75, 3.05) is 11.9 Å². The van der Waals surface area contributed by atoms with Crippen molar-refractivity contribution in [3.05, 3.63) is 56.7 Å². The van der Waals surface area contributed by atoms with Crippen LogP contribution < -0.4 is 16.6 Å². The van der Waals surface area contributed by atoms with E-state index in [1.165, 1.54) is 11.6 Å². The molecule has 0 saturated carbocycles. The SMILES string of the molecule is CC(C)CNc1nc2c(c(=O)n(C)c(=O)n2C)n1C[C@H](O)c1ccccc1. The molecular formula is C19H25N5O3. The van der Waals surface area contributed by atoms with E-state index in [1.54, 1.807) is 11.6 Å². The van der Waals surface area contributed by atoms with Gasteiger partial charge >= 0.3 is 5.69 Å². The minimum Gasteiger partial charge on any atom is -0.387 e. The van der Waals surface area contributed by atoms with Crippen LogP contribution in [0.25, 0.3) is 11.2 Å². The molecule has 0 unspecified atom stereocenters. The fraction of sp³-hybridized carbons (Fsp3) is 0.421. The van der Waals surface area contributed by atoms with Crippen molar-refractivity contribution in [1.29, 1.82) is 0 Å². The maximum Gasteiger partial charge on any atom is 0.332 e. The third-order valence-electron chi connectivity index (χ3n) is 4.56. The Bertz CT molecular complexity index is 1060. The Morgan fingerprint density at radius 2 is 1.78 bits per heavy atom. The van der Waals surface area contributed by atoms with Gasteiger partial charge in [0.25, 0.3) is 5.56 Å². The molecule has 2 aromatic heterocycles. The Hall–Kier alpha value is -2.87. The van der Waals surface area contributed by atoms with E-state index in [-0.39, 0.29) is 6.54 Å². The summed E-state index contributed by atoms with van der Waals surface area (Å²) in [6.45, 7) is 4.93. The second kappa shape index (κ2) is 7.40. The Kier molecular flexibility index (Phi) is 5.18. The summed E-state index contributed by atoms with van der Waals surface area (Å²) in [4.78, 5) is 29.5. The first-order valence-electron chi connectivity index (χ1n) is 8.94. The van der Waals surface area contributed by atoms with Crippen LogP contribution in [0.4, 0.5) is 5.95 Å². The summed E-state index contributed by atoms with van der Waals surface area (Å²) in [5.41, 5.74) is 0.473. The van der Waals surface area contributed by atoms with Gasteiger partial charge in [0, 0.05) is 20.6 Å². The van der Waals surface area contributed by atoms with Crippen molar-refractivity contribution in [2.24, 2.45) is 20.0 Å². The molecule has 0 fully saturated rings. The lowest BCUT2D eigenvalue weighted by Gasteiger charge is -2.16. The van der Waals surface area contributed by atoms with E-state index in [1.807, 2.05) is 30.3 Å². The molecule has 1 atom stereocenters. The van der Waals surface area contributed by atoms with Gasteiger partial charge in [-0.3, -0.25) is 13.9 Å². The molecule has 0 spiro atoms. The van der Waals surface area contributed by atoms with Gasteiger partial charge in [0.05, 0.1) is 12.6 Å². The summed E-state index contributed by atoms with van der Waals surface area (Å²) in [6, 6.07) is 9.25. The third kappa shape index (κ3) is 3.52. The number of benzene rings is 1. The number of imidazole rings is 1. The Balaban J connectivity index is 2.16. The number of aryl methyl sites for hydroxylation is 1. The number of aliphatic hydroxyl groups is 1. The van der Waals surface area contributed by atoms with E-state index in [4.69, 9.17) is 0 Å². The number of aromatic nitrogens is 4. The lowest BCUT2D eigenvalue weighted by molar-refractivity contribution is 0.158. The summed E-state index contributed by atoms with van der Waals surface area (Å²) in [7, 11) is 3.03. The van der Waals surface area contributed by atoms with Crippen molar-refractivity contribution >= 4 is 17.1 Å². The summed E-state index contributed by atoms with van der Waals surface area (Å²) in [6.07, 6.45) is -0.815. The van der Waals surface area contributed by atoms with Crippen LogP contribution in [-0.2, 0) is 20.6 Å². The molecule has 2 heterocycles. The summed E-state index contributed by atoms with van der Waals surface area (Å²) in [5, 5.41) is 13.9. The number of fused-ring (bicyclic) bond motifs is 1. The summed E-state index contributed by atoms with van der Waals surface area (Å²) >= 11 is 0. The topological polar surface area (TPSA) is 94.1 Å². The predicted octanol–water partition coefficient (Wildman–Crippen LogP) is 1.24. The molecule has 8 nitrogen and oxygen atoms in total. The van der Waals surface area contributed by atoms with E-state index >= 15 is 0 Å². The Labute approximate surface area is 156 Å². The Morgan fingerprint density at radius 1 is 1.11 bits per heavy atom. The number of aliphatic hydroxyl groups excluding tert-OH is 1. The molecule has 1 aromatic carbocycles. The van der Waals surface area contributed by atoms with Gasteiger partial charge in [-0.2, -0.15) is 4.98 Å². The highest BCUT2D eigenvalue weighted by molar-refractivity contribution is 5.74. The molecule has 0 aliphatic heterocycles. The molecule has 3 aromatic rings. The number of nitrogens with zero attached hydrogens (tertiary/aromatic N) is 4. The number of hydrogen-bond acceptors (Lipinski definition) is 5.